The molecule has 0 bridgehead atoms. The Morgan fingerprint density at radius 3 is 2.65 bits per heavy atom. The predicted molar refractivity (Wildman–Crippen MR) is 56.2 cm³/mol. The highest BCUT2D eigenvalue weighted by Crippen LogP contribution is 1.95. The molecule has 0 aliphatic rings. The molecule has 0 fully saturated rings. The molecule has 1 aromatic heterocycles. The molecule has 0 saturated carbocycles. The number of hydrogen-bond acceptors (Lipinski definition) is 4. The van der Waals surface area contributed by atoms with Crippen LogP contribution in [0.3, 0.4) is 0 Å². The van der Waals surface area contributed by atoms with Gasteiger partial charge in [0.1, 0.15) is 12.2 Å². The second kappa shape index (κ2) is 5.90. The van der Waals surface area contributed by atoms with Crippen LogP contribution in [0.15, 0.2) is 18.5 Å². The van der Waals surface area contributed by atoms with E-state index in [4.69, 9.17) is 15.9 Å². The van der Waals surface area contributed by atoms with Crippen molar-refractivity contribution in [1.82, 2.24) is 5.10 Å². The lowest BCUT2D eigenvalue weighted by Crippen LogP contribution is -2.39. The van der Waals surface area contributed by atoms with Gasteiger partial charge < -0.3 is 15.9 Å². The van der Waals surface area contributed by atoms with Gasteiger partial charge >= 0.3 is 11.9 Å². The third-order valence-corrected chi connectivity index (χ3v) is 2.24. The highest BCUT2D eigenvalue weighted by Gasteiger charge is 2.13. The Hall–Kier alpha value is -2.02. The third kappa shape index (κ3) is 4.15. The van der Waals surface area contributed by atoms with Crippen LogP contribution in [-0.2, 0) is 11.3 Å². The number of nitrogens with two attached hydrogens (primary N) is 1. The number of aryl methyl sites for hydroxylation is 1. The zero-order valence-corrected chi connectivity index (χ0v) is 9.11. The molecule has 0 saturated heterocycles. The second-order valence-electron chi connectivity index (χ2n) is 3.57. The van der Waals surface area contributed by atoms with Gasteiger partial charge in [-0.2, -0.15) is 0 Å². The molecule has 0 amide bonds. The SMILES string of the molecule is N[C@@H](CCC[n+]1ccc(C(=O)O)cn1)C(=O)O. The van der Waals surface area contributed by atoms with Crippen LogP contribution in [0.25, 0.3) is 0 Å². The van der Waals surface area contributed by atoms with E-state index >= 15 is 0 Å². The summed E-state index contributed by atoms with van der Waals surface area (Å²) in [6, 6.07) is 0.570. The Balaban J connectivity index is 2.42. The van der Waals surface area contributed by atoms with Gasteiger partial charge in [0.15, 0.2) is 12.7 Å². The third-order valence-electron chi connectivity index (χ3n) is 2.24. The topological polar surface area (TPSA) is 117 Å². The number of aromatic carboxylic acids is 1. The van der Waals surface area contributed by atoms with E-state index in [-0.39, 0.29) is 5.56 Å². The summed E-state index contributed by atoms with van der Waals surface area (Å²) in [5.74, 6) is -2.05. The van der Waals surface area contributed by atoms with Crippen LogP contribution in [0.5, 0.6) is 0 Å². The zero-order valence-electron chi connectivity index (χ0n) is 9.11. The summed E-state index contributed by atoms with van der Waals surface area (Å²) >= 11 is 0. The minimum atomic E-state index is -1.03. The molecule has 7 heteroatoms. The molecule has 1 heterocycles. The van der Waals surface area contributed by atoms with Crippen molar-refractivity contribution >= 4 is 11.9 Å². The normalized spacial score (nSPS) is 12.1. The van der Waals surface area contributed by atoms with Gasteiger partial charge in [0.05, 0.1) is 5.56 Å². The van der Waals surface area contributed by atoms with Crippen LogP contribution in [0.4, 0.5) is 0 Å². The number of carboxylic acid groups (broad SMARTS) is 2. The molecular weight excluding hydrogens is 226 g/mol. The maximum Gasteiger partial charge on any atom is 0.337 e. The van der Waals surface area contributed by atoms with Crippen molar-refractivity contribution in [3.8, 4) is 0 Å². The first-order valence-corrected chi connectivity index (χ1v) is 5.08. The molecule has 1 aromatic rings. The van der Waals surface area contributed by atoms with E-state index in [1.807, 2.05) is 0 Å². The van der Waals surface area contributed by atoms with Crippen LogP contribution in [-0.4, -0.2) is 33.3 Å². The molecule has 0 unspecified atom stereocenters. The van der Waals surface area contributed by atoms with Crippen LogP contribution < -0.4 is 10.4 Å². The Bertz CT molecular complexity index is 405. The van der Waals surface area contributed by atoms with E-state index in [0.717, 1.165) is 0 Å². The Kier molecular flexibility index (Phi) is 4.53. The fourth-order valence-electron chi connectivity index (χ4n) is 1.24. The van der Waals surface area contributed by atoms with Gasteiger partial charge in [0, 0.05) is 12.5 Å². The number of hydrogen-bond donors (Lipinski definition) is 3. The summed E-state index contributed by atoms with van der Waals surface area (Å²) in [6.45, 7) is 0.501. The van der Waals surface area contributed by atoms with Crippen LogP contribution in [0.1, 0.15) is 23.2 Å². The van der Waals surface area contributed by atoms with E-state index in [0.29, 0.717) is 19.4 Å². The summed E-state index contributed by atoms with van der Waals surface area (Å²) < 4.78 is 1.54. The molecule has 4 N–H and O–H groups in total. The standard InChI is InChI=1S/C10H13N3O4/c11-8(10(16)17)2-1-4-13-5-3-7(6-12-13)9(14)15/h3,5-6,8H,1-2,4,11H2,(H-,14,15,16,17)/p+1/t8-/m0/s1. The summed E-state index contributed by atoms with van der Waals surface area (Å²) in [6.07, 6.45) is 3.71. The van der Waals surface area contributed by atoms with Crippen LogP contribution in [0, 0.1) is 0 Å². The lowest BCUT2D eigenvalue weighted by molar-refractivity contribution is -0.754. The van der Waals surface area contributed by atoms with Crippen molar-refractivity contribution in [3.05, 3.63) is 24.0 Å². The zero-order chi connectivity index (χ0) is 12.8. The molecule has 1 rings (SSSR count). The largest absolute Gasteiger partial charge is 0.480 e. The van der Waals surface area contributed by atoms with Crippen molar-refractivity contribution in [2.45, 2.75) is 25.4 Å². The highest BCUT2D eigenvalue weighted by molar-refractivity contribution is 5.86. The lowest BCUT2D eigenvalue weighted by Gasteiger charge is -2.02. The number of aromatic nitrogens is 2. The first-order chi connectivity index (χ1) is 8.00. The van der Waals surface area contributed by atoms with E-state index in [1.165, 1.54) is 18.5 Å². The summed E-state index contributed by atoms with van der Waals surface area (Å²) in [5, 5.41) is 21.1. The van der Waals surface area contributed by atoms with Crippen molar-refractivity contribution in [2.75, 3.05) is 0 Å². The van der Waals surface area contributed by atoms with E-state index in [9.17, 15) is 9.59 Å². The fourth-order valence-corrected chi connectivity index (χ4v) is 1.24. The van der Waals surface area contributed by atoms with Crippen LogP contribution in [0.2, 0.25) is 0 Å². The molecular formula is C10H14N3O4+. The molecule has 7 nitrogen and oxygen atoms in total. The molecule has 0 radical (unpaired) electrons. The molecule has 0 aromatic carbocycles. The lowest BCUT2D eigenvalue weighted by atomic mass is 10.2. The second-order valence-corrected chi connectivity index (χ2v) is 3.57. The minimum absolute atomic E-state index is 0.114. The molecule has 0 spiro atoms. The number of carboxylic acids is 2. The van der Waals surface area contributed by atoms with Crippen molar-refractivity contribution in [2.24, 2.45) is 5.73 Å². The highest BCUT2D eigenvalue weighted by atomic mass is 16.4. The first kappa shape index (κ1) is 13.0. The number of rotatable bonds is 6. The van der Waals surface area contributed by atoms with E-state index in [2.05, 4.69) is 5.10 Å². The van der Waals surface area contributed by atoms with Gasteiger partial charge in [0.2, 0.25) is 0 Å². The maximum absolute atomic E-state index is 10.6. The van der Waals surface area contributed by atoms with Gasteiger partial charge in [0.25, 0.3) is 0 Å². The fraction of sp³-hybridized carbons (Fsp3) is 0.400. The Morgan fingerprint density at radius 2 is 2.18 bits per heavy atom. The smallest absolute Gasteiger partial charge is 0.337 e. The predicted octanol–water partition coefficient (Wildman–Crippen LogP) is -0.741. The average Bonchev–Trinajstić information content (AvgIpc) is 2.29. The summed E-state index contributed by atoms with van der Waals surface area (Å²) in [7, 11) is 0. The maximum atomic E-state index is 10.6. The molecule has 17 heavy (non-hydrogen) atoms. The summed E-state index contributed by atoms with van der Waals surface area (Å²) in [5.41, 5.74) is 5.45. The summed E-state index contributed by atoms with van der Waals surface area (Å²) in [4.78, 5) is 21.0. The van der Waals surface area contributed by atoms with E-state index < -0.39 is 18.0 Å². The Morgan fingerprint density at radius 1 is 1.47 bits per heavy atom. The van der Waals surface area contributed by atoms with Crippen molar-refractivity contribution in [1.29, 1.82) is 0 Å². The molecule has 0 aliphatic heterocycles. The van der Waals surface area contributed by atoms with E-state index in [1.54, 1.807) is 4.68 Å². The average molecular weight is 240 g/mol. The molecule has 1 atom stereocenters. The molecule has 92 valence electrons. The Labute approximate surface area is 97.5 Å². The van der Waals surface area contributed by atoms with Crippen LogP contribution >= 0.6 is 0 Å². The number of aliphatic carboxylic acids is 1. The van der Waals surface area contributed by atoms with Gasteiger partial charge in [-0.05, 0) is 11.5 Å². The van der Waals surface area contributed by atoms with Gasteiger partial charge in [-0.25, -0.2) is 4.79 Å². The van der Waals surface area contributed by atoms with Gasteiger partial charge in [-0.3, -0.25) is 4.79 Å². The minimum Gasteiger partial charge on any atom is -0.480 e. The monoisotopic (exact) mass is 240 g/mol. The van der Waals surface area contributed by atoms with Crippen molar-refractivity contribution in [3.63, 3.8) is 0 Å². The van der Waals surface area contributed by atoms with Crippen molar-refractivity contribution < 1.29 is 24.5 Å². The number of nitrogens with zero attached hydrogens (tertiary/aromatic N) is 2. The van der Waals surface area contributed by atoms with Gasteiger partial charge in [-0.15, -0.1) is 0 Å². The van der Waals surface area contributed by atoms with Gasteiger partial charge in [-0.1, -0.05) is 4.68 Å². The first-order valence-electron chi connectivity index (χ1n) is 5.08. The number of carbonyl (C=O) groups is 2. The quantitative estimate of drug-likeness (QED) is 0.564. The molecule has 0 aliphatic carbocycles.